The van der Waals surface area contributed by atoms with Crippen LogP contribution in [0.25, 0.3) is 0 Å². The Balaban J connectivity index is 1.95. The number of carbonyl (C=O) groups is 2. The average molecular weight is 351 g/mol. The highest BCUT2D eigenvalue weighted by Gasteiger charge is 2.37. The van der Waals surface area contributed by atoms with E-state index < -0.39 is 30.6 Å². The van der Waals surface area contributed by atoms with Crippen LogP contribution in [0.4, 0.5) is 13.2 Å². The van der Waals surface area contributed by atoms with E-state index in [0.717, 1.165) is 4.90 Å². The largest absolute Gasteiger partial charge is 0.406 e. The van der Waals surface area contributed by atoms with E-state index in [1.54, 1.807) is 4.90 Å². The molecular weight excluding hydrogens is 327 g/mol. The van der Waals surface area contributed by atoms with Gasteiger partial charge in [0.05, 0.1) is 19.1 Å². The standard InChI is InChI=1S/C15H24F3N3O3/c1-2-20(10-15(16,17)18)13(22)11-4-3-6-21(8-11)14(23)12-9-24-7-5-19-12/h11-12,19H,2-10H2,1H3. The van der Waals surface area contributed by atoms with Gasteiger partial charge in [-0.1, -0.05) is 0 Å². The van der Waals surface area contributed by atoms with Gasteiger partial charge < -0.3 is 19.9 Å². The van der Waals surface area contributed by atoms with Crippen LogP contribution in [0.5, 0.6) is 0 Å². The Morgan fingerprint density at radius 1 is 1.38 bits per heavy atom. The molecule has 2 aliphatic heterocycles. The molecule has 9 heteroatoms. The van der Waals surface area contributed by atoms with Gasteiger partial charge in [-0.2, -0.15) is 13.2 Å². The van der Waals surface area contributed by atoms with Gasteiger partial charge in [0.15, 0.2) is 0 Å². The normalized spacial score (nSPS) is 25.4. The number of rotatable bonds is 4. The molecule has 2 heterocycles. The molecule has 2 aliphatic rings. The minimum Gasteiger partial charge on any atom is -0.378 e. The summed E-state index contributed by atoms with van der Waals surface area (Å²) in [7, 11) is 0. The summed E-state index contributed by atoms with van der Waals surface area (Å²) >= 11 is 0. The molecule has 0 aromatic heterocycles. The predicted octanol–water partition coefficient (Wildman–Crippen LogP) is 0.624. The summed E-state index contributed by atoms with van der Waals surface area (Å²) in [5.41, 5.74) is 0. The number of hydrogen-bond acceptors (Lipinski definition) is 4. The first-order chi connectivity index (χ1) is 11.3. The maximum Gasteiger partial charge on any atom is 0.406 e. The molecule has 2 rings (SSSR count). The number of morpholine rings is 1. The van der Waals surface area contributed by atoms with Crippen LogP contribution in [0.2, 0.25) is 0 Å². The third-order valence-corrected chi connectivity index (χ3v) is 4.37. The third-order valence-electron chi connectivity index (χ3n) is 4.37. The highest BCUT2D eigenvalue weighted by Crippen LogP contribution is 2.23. The molecule has 24 heavy (non-hydrogen) atoms. The Kier molecular flexibility index (Phi) is 6.45. The molecule has 0 bridgehead atoms. The summed E-state index contributed by atoms with van der Waals surface area (Å²) in [6, 6.07) is -0.440. The number of ether oxygens (including phenoxy) is 1. The Bertz CT molecular complexity index is 453. The Morgan fingerprint density at radius 2 is 2.12 bits per heavy atom. The number of alkyl halides is 3. The smallest absolute Gasteiger partial charge is 0.378 e. The van der Waals surface area contributed by atoms with Crippen LogP contribution in [0, 0.1) is 5.92 Å². The molecule has 0 aromatic carbocycles. The summed E-state index contributed by atoms with van der Waals surface area (Å²) in [5, 5.41) is 3.06. The fraction of sp³-hybridized carbons (Fsp3) is 0.867. The van der Waals surface area contributed by atoms with E-state index >= 15 is 0 Å². The Morgan fingerprint density at radius 3 is 2.71 bits per heavy atom. The number of halogens is 3. The summed E-state index contributed by atoms with van der Waals surface area (Å²) in [4.78, 5) is 27.3. The second kappa shape index (κ2) is 8.15. The Labute approximate surface area is 139 Å². The molecule has 0 radical (unpaired) electrons. The van der Waals surface area contributed by atoms with E-state index in [2.05, 4.69) is 5.32 Å². The van der Waals surface area contributed by atoms with Gasteiger partial charge in [0.25, 0.3) is 0 Å². The van der Waals surface area contributed by atoms with Crippen molar-refractivity contribution in [1.29, 1.82) is 0 Å². The third kappa shape index (κ3) is 5.07. The average Bonchev–Trinajstić information content (AvgIpc) is 2.58. The van der Waals surface area contributed by atoms with Crippen LogP contribution < -0.4 is 5.32 Å². The maximum absolute atomic E-state index is 12.6. The number of likely N-dealkylation sites (tertiary alicyclic amines) is 1. The van der Waals surface area contributed by atoms with Gasteiger partial charge >= 0.3 is 6.18 Å². The molecule has 2 amide bonds. The summed E-state index contributed by atoms with van der Waals surface area (Å²) in [6.07, 6.45) is -3.30. The first-order valence-corrected chi connectivity index (χ1v) is 8.27. The van der Waals surface area contributed by atoms with Gasteiger partial charge in [-0.3, -0.25) is 9.59 Å². The van der Waals surface area contributed by atoms with E-state index in [-0.39, 0.29) is 25.6 Å². The van der Waals surface area contributed by atoms with Crippen LogP contribution in [0.1, 0.15) is 19.8 Å². The van der Waals surface area contributed by atoms with Crippen molar-refractivity contribution in [2.24, 2.45) is 5.92 Å². The quantitative estimate of drug-likeness (QED) is 0.807. The van der Waals surface area contributed by atoms with Gasteiger partial charge in [-0.05, 0) is 19.8 Å². The second-order valence-electron chi connectivity index (χ2n) is 6.17. The first-order valence-electron chi connectivity index (χ1n) is 8.27. The molecule has 0 aliphatic carbocycles. The van der Waals surface area contributed by atoms with E-state index in [9.17, 15) is 22.8 Å². The molecule has 0 saturated carbocycles. The predicted molar refractivity (Wildman–Crippen MR) is 80.2 cm³/mol. The van der Waals surface area contributed by atoms with Gasteiger partial charge in [0.1, 0.15) is 12.6 Å². The lowest BCUT2D eigenvalue weighted by atomic mass is 9.95. The van der Waals surface area contributed by atoms with Crippen molar-refractivity contribution in [1.82, 2.24) is 15.1 Å². The molecule has 2 fully saturated rings. The van der Waals surface area contributed by atoms with Crippen molar-refractivity contribution in [3.63, 3.8) is 0 Å². The van der Waals surface area contributed by atoms with Crippen LogP contribution >= 0.6 is 0 Å². The number of amides is 2. The Hall–Kier alpha value is -1.35. The number of hydrogen-bond donors (Lipinski definition) is 1. The van der Waals surface area contributed by atoms with Crippen LogP contribution in [0.3, 0.4) is 0 Å². The molecule has 6 nitrogen and oxygen atoms in total. The lowest BCUT2D eigenvalue weighted by molar-refractivity contribution is -0.165. The van der Waals surface area contributed by atoms with E-state index in [4.69, 9.17) is 4.74 Å². The van der Waals surface area contributed by atoms with Crippen molar-refractivity contribution < 1.29 is 27.5 Å². The van der Waals surface area contributed by atoms with E-state index in [0.29, 0.717) is 32.5 Å². The van der Waals surface area contributed by atoms with Gasteiger partial charge in [0.2, 0.25) is 11.8 Å². The number of piperidine rings is 1. The molecule has 2 saturated heterocycles. The molecule has 138 valence electrons. The summed E-state index contributed by atoms with van der Waals surface area (Å²) in [6.45, 7) is 2.39. The zero-order valence-electron chi connectivity index (χ0n) is 13.8. The topological polar surface area (TPSA) is 61.9 Å². The maximum atomic E-state index is 12.6. The molecule has 2 unspecified atom stereocenters. The van der Waals surface area contributed by atoms with Crippen molar-refractivity contribution >= 4 is 11.8 Å². The first kappa shape index (κ1) is 19.0. The van der Waals surface area contributed by atoms with E-state index in [1.807, 2.05) is 0 Å². The lowest BCUT2D eigenvalue weighted by Crippen LogP contribution is -2.56. The zero-order valence-corrected chi connectivity index (χ0v) is 13.8. The minimum atomic E-state index is -4.42. The molecule has 1 N–H and O–H groups in total. The number of nitrogens with zero attached hydrogens (tertiary/aromatic N) is 2. The van der Waals surface area contributed by atoms with Gasteiger partial charge in [-0.15, -0.1) is 0 Å². The van der Waals surface area contributed by atoms with Gasteiger partial charge in [0, 0.05) is 26.2 Å². The van der Waals surface area contributed by atoms with Crippen LogP contribution in [-0.4, -0.2) is 79.8 Å². The molecule has 0 aromatic rings. The number of carbonyl (C=O) groups excluding carboxylic acids is 2. The van der Waals surface area contributed by atoms with Crippen molar-refractivity contribution in [3.05, 3.63) is 0 Å². The fourth-order valence-electron chi connectivity index (χ4n) is 3.14. The highest BCUT2D eigenvalue weighted by molar-refractivity contribution is 5.84. The molecular formula is C15H24F3N3O3. The lowest BCUT2D eigenvalue weighted by Gasteiger charge is -2.37. The van der Waals surface area contributed by atoms with Crippen molar-refractivity contribution in [2.75, 3.05) is 45.9 Å². The van der Waals surface area contributed by atoms with Crippen molar-refractivity contribution in [2.45, 2.75) is 32.0 Å². The second-order valence-corrected chi connectivity index (χ2v) is 6.17. The SMILES string of the molecule is CCN(CC(F)(F)F)C(=O)C1CCCN(C(=O)C2COCCN2)C1. The van der Waals surface area contributed by atoms with Gasteiger partial charge in [-0.25, -0.2) is 0 Å². The van der Waals surface area contributed by atoms with E-state index in [1.165, 1.54) is 6.92 Å². The summed E-state index contributed by atoms with van der Waals surface area (Å²) in [5.74, 6) is -1.25. The monoisotopic (exact) mass is 351 g/mol. The minimum absolute atomic E-state index is 0.000804. The summed E-state index contributed by atoms with van der Waals surface area (Å²) < 4.78 is 43.0. The zero-order chi connectivity index (χ0) is 17.7. The van der Waals surface area contributed by atoms with Crippen LogP contribution in [-0.2, 0) is 14.3 Å². The van der Waals surface area contributed by atoms with Crippen LogP contribution in [0.15, 0.2) is 0 Å². The number of nitrogens with one attached hydrogen (secondary N) is 1. The van der Waals surface area contributed by atoms with Crippen molar-refractivity contribution in [3.8, 4) is 0 Å². The molecule has 0 spiro atoms. The highest BCUT2D eigenvalue weighted by atomic mass is 19.4. The molecule has 2 atom stereocenters. The fourth-order valence-corrected chi connectivity index (χ4v) is 3.14.